The van der Waals surface area contributed by atoms with Crippen LogP contribution in [0.15, 0.2) is 29.2 Å². The average Bonchev–Trinajstić information content (AvgIpc) is 2.62. The van der Waals surface area contributed by atoms with Crippen LogP contribution in [0.4, 0.5) is 0 Å². The average molecular weight is 384 g/mol. The zero-order chi connectivity index (χ0) is 18.4. The predicted octanol–water partition coefficient (Wildman–Crippen LogP) is 2.50. The first-order chi connectivity index (χ1) is 11.9. The van der Waals surface area contributed by atoms with E-state index in [0.717, 1.165) is 0 Å². The zero-order valence-electron chi connectivity index (χ0n) is 14.2. The van der Waals surface area contributed by atoms with Gasteiger partial charge < -0.3 is 4.90 Å². The van der Waals surface area contributed by atoms with Crippen LogP contribution in [0.5, 0.6) is 0 Å². The van der Waals surface area contributed by atoms with Crippen LogP contribution in [0.25, 0.3) is 0 Å². The number of carbonyl (C=O) groups excluding carboxylic acids is 1. The third-order valence-electron chi connectivity index (χ3n) is 4.44. The molecular formula is C17H22ClN3O3S. The van der Waals surface area contributed by atoms with Crippen LogP contribution in [0, 0.1) is 17.2 Å². The Balaban J connectivity index is 2.00. The van der Waals surface area contributed by atoms with Gasteiger partial charge in [0.15, 0.2) is 0 Å². The lowest BCUT2D eigenvalue weighted by molar-refractivity contribution is -0.136. The second kappa shape index (κ2) is 8.65. The van der Waals surface area contributed by atoms with Crippen LogP contribution in [0.1, 0.15) is 26.2 Å². The highest BCUT2D eigenvalue weighted by atomic mass is 35.5. The van der Waals surface area contributed by atoms with E-state index in [2.05, 4.69) is 0 Å². The lowest BCUT2D eigenvalue weighted by atomic mass is 9.96. The Morgan fingerprint density at radius 3 is 2.44 bits per heavy atom. The van der Waals surface area contributed by atoms with E-state index in [0.29, 0.717) is 50.5 Å². The van der Waals surface area contributed by atoms with Gasteiger partial charge >= 0.3 is 0 Å². The van der Waals surface area contributed by atoms with E-state index in [1.165, 1.54) is 16.4 Å². The molecule has 1 aromatic carbocycles. The summed E-state index contributed by atoms with van der Waals surface area (Å²) in [5, 5.41) is 9.17. The minimum atomic E-state index is -3.56. The van der Waals surface area contributed by atoms with Crippen molar-refractivity contribution in [2.24, 2.45) is 5.92 Å². The van der Waals surface area contributed by atoms with Gasteiger partial charge in [0, 0.05) is 37.1 Å². The van der Waals surface area contributed by atoms with Crippen LogP contribution < -0.4 is 0 Å². The molecule has 1 fully saturated rings. The van der Waals surface area contributed by atoms with E-state index in [1.54, 1.807) is 17.0 Å². The van der Waals surface area contributed by atoms with Crippen molar-refractivity contribution in [2.75, 3.05) is 26.2 Å². The molecule has 0 N–H and O–H groups in total. The fourth-order valence-electron chi connectivity index (χ4n) is 2.97. The quantitative estimate of drug-likeness (QED) is 0.755. The Labute approximate surface area is 154 Å². The third kappa shape index (κ3) is 4.72. The molecule has 1 heterocycles. The molecule has 8 heteroatoms. The second-order valence-corrected chi connectivity index (χ2v) is 8.33. The molecule has 2 rings (SSSR count). The van der Waals surface area contributed by atoms with E-state index in [4.69, 9.17) is 16.9 Å². The summed E-state index contributed by atoms with van der Waals surface area (Å²) >= 11 is 5.81. The smallest absolute Gasteiger partial charge is 0.243 e. The van der Waals surface area contributed by atoms with Gasteiger partial charge in [0.25, 0.3) is 0 Å². The minimum absolute atomic E-state index is 0.0151. The largest absolute Gasteiger partial charge is 0.342 e. The maximum Gasteiger partial charge on any atom is 0.243 e. The Morgan fingerprint density at radius 1 is 1.32 bits per heavy atom. The fraction of sp³-hybridized carbons (Fsp3) is 0.529. The van der Waals surface area contributed by atoms with Crippen LogP contribution in [-0.4, -0.2) is 49.7 Å². The van der Waals surface area contributed by atoms with Crippen molar-refractivity contribution in [3.63, 3.8) is 0 Å². The molecule has 0 aliphatic carbocycles. The Bertz CT molecular complexity index is 735. The molecule has 0 bridgehead atoms. The number of sulfonamides is 1. The van der Waals surface area contributed by atoms with Gasteiger partial charge in [-0.05, 0) is 44.0 Å². The first-order valence-electron chi connectivity index (χ1n) is 8.31. The summed E-state index contributed by atoms with van der Waals surface area (Å²) in [6, 6.07) is 8.15. The first-order valence-corrected chi connectivity index (χ1v) is 10.1. The Morgan fingerprint density at radius 2 is 1.92 bits per heavy atom. The van der Waals surface area contributed by atoms with Gasteiger partial charge in [0.1, 0.15) is 0 Å². The van der Waals surface area contributed by atoms with Gasteiger partial charge in [-0.3, -0.25) is 4.79 Å². The van der Waals surface area contributed by atoms with Crippen LogP contribution >= 0.6 is 11.6 Å². The maximum absolute atomic E-state index is 12.7. The van der Waals surface area contributed by atoms with Gasteiger partial charge in [-0.2, -0.15) is 9.57 Å². The Kier molecular flexibility index (Phi) is 6.82. The summed E-state index contributed by atoms with van der Waals surface area (Å²) in [7, 11) is -3.56. The SMILES string of the molecule is CCN(CCC#N)C(=O)C1CCN(S(=O)(=O)c2ccc(Cl)cc2)CC1. The van der Waals surface area contributed by atoms with Crippen molar-refractivity contribution < 1.29 is 13.2 Å². The van der Waals surface area contributed by atoms with Crippen molar-refractivity contribution in [2.45, 2.75) is 31.1 Å². The number of rotatable bonds is 6. The summed E-state index contributed by atoms with van der Waals surface area (Å²) in [6.07, 6.45) is 1.30. The van der Waals surface area contributed by atoms with Crippen molar-refractivity contribution in [3.8, 4) is 6.07 Å². The number of piperidine rings is 1. The van der Waals surface area contributed by atoms with Crippen LogP contribution in [0.2, 0.25) is 5.02 Å². The molecule has 0 atom stereocenters. The van der Waals surface area contributed by atoms with E-state index < -0.39 is 10.0 Å². The molecule has 1 amide bonds. The normalized spacial score (nSPS) is 16.4. The van der Waals surface area contributed by atoms with Gasteiger partial charge in [0.05, 0.1) is 17.4 Å². The fourth-order valence-corrected chi connectivity index (χ4v) is 4.56. The van der Waals surface area contributed by atoms with Crippen molar-refractivity contribution in [1.29, 1.82) is 5.26 Å². The zero-order valence-corrected chi connectivity index (χ0v) is 15.8. The molecule has 0 saturated carbocycles. The van der Waals surface area contributed by atoms with Crippen molar-refractivity contribution in [3.05, 3.63) is 29.3 Å². The number of nitriles is 1. The molecule has 0 aromatic heterocycles. The lowest BCUT2D eigenvalue weighted by Crippen LogP contribution is -2.44. The molecule has 25 heavy (non-hydrogen) atoms. The predicted molar refractivity (Wildman–Crippen MR) is 95.4 cm³/mol. The lowest BCUT2D eigenvalue weighted by Gasteiger charge is -2.33. The third-order valence-corrected chi connectivity index (χ3v) is 6.61. The molecule has 0 unspecified atom stereocenters. The Hall–Kier alpha value is -1.62. The summed E-state index contributed by atoms with van der Waals surface area (Å²) < 4.78 is 26.7. The number of hydrogen-bond donors (Lipinski definition) is 0. The number of carbonyl (C=O) groups is 1. The summed E-state index contributed by atoms with van der Waals surface area (Å²) in [5.41, 5.74) is 0. The number of hydrogen-bond acceptors (Lipinski definition) is 4. The number of nitrogens with zero attached hydrogens (tertiary/aromatic N) is 3. The molecule has 0 radical (unpaired) electrons. The monoisotopic (exact) mass is 383 g/mol. The summed E-state index contributed by atoms with van der Waals surface area (Å²) in [6.45, 7) is 3.50. The molecule has 1 aliphatic rings. The topological polar surface area (TPSA) is 81.5 Å². The van der Waals surface area contributed by atoms with E-state index in [1.807, 2.05) is 13.0 Å². The summed E-state index contributed by atoms with van der Waals surface area (Å²) in [5.74, 6) is -0.170. The molecule has 1 aliphatic heterocycles. The first kappa shape index (κ1) is 19.7. The number of benzene rings is 1. The highest BCUT2D eigenvalue weighted by Gasteiger charge is 2.33. The van der Waals surface area contributed by atoms with Crippen molar-refractivity contribution in [1.82, 2.24) is 9.21 Å². The second-order valence-electron chi connectivity index (χ2n) is 5.96. The van der Waals surface area contributed by atoms with Gasteiger partial charge in [-0.25, -0.2) is 8.42 Å². The van der Waals surface area contributed by atoms with Crippen LogP contribution in [0.3, 0.4) is 0 Å². The molecule has 0 spiro atoms. The molecule has 1 aromatic rings. The highest BCUT2D eigenvalue weighted by Crippen LogP contribution is 2.26. The molecule has 136 valence electrons. The minimum Gasteiger partial charge on any atom is -0.342 e. The molecule has 1 saturated heterocycles. The standard InChI is InChI=1S/C17H22ClN3O3S/c1-2-20(11-3-10-19)17(22)14-8-12-21(13-9-14)25(23,24)16-6-4-15(18)5-7-16/h4-7,14H,2-3,8-9,11-13H2,1H3. The highest BCUT2D eigenvalue weighted by molar-refractivity contribution is 7.89. The molecule has 6 nitrogen and oxygen atoms in total. The summed E-state index contributed by atoms with van der Waals surface area (Å²) in [4.78, 5) is 14.4. The maximum atomic E-state index is 12.7. The van der Waals surface area contributed by atoms with E-state index >= 15 is 0 Å². The van der Waals surface area contributed by atoms with E-state index in [9.17, 15) is 13.2 Å². The number of halogens is 1. The van der Waals surface area contributed by atoms with E-state index in [-0.39, 0.29) is 16.7 Å². The van der Waals surface area contributed by atoms with Gasteiger partial charge in [-0.15, -0.1) is 0 Å². The number of amides is 1. The van der Waals surface area contributed by atoms with Crippen molar-refractivity contribution >= 4 is 27.5 Å². The van der Waals surface area contributed by atoms with Crippen LogP contribution in [-0.2, 0) is 14.8 Å². The van der Waals surface area contributed by atoms with Gasteiger partial charge in [0.2, 0.25) is 15.9 Å². The molecular weight excluding hydrogens is 362 g/mol. The van der Waals surface area contributed by atoms with Gasteiger partial charge in [-0.1, -0.05) is 11.6 Å².